The summed E-state index contributed by atoms with van der Waals surface area (Å²) in [4.78, 5) is 27.1. The van der Waals surface area contributed by atoms with Gasteiger partial charge in [0.25, 0.3) is 0 Å². The summed E-state index contributed by atoms with van der Waals surface area (Å²) in [5, 5.41) is 3.00. The molecule has 0 unspecified atom stereocenters. The van der Waals surface area contributed by atoms with Gasteiger partial charge in [-0.1, -0.05) is 42.5 Å². The molecule has 0 atom stereocenters. The number of hydrogen-bond donors (Lipinski definition) is 1. The molecule has 148 valence electrons. The molecule has 1 saturated heterocycles. The van der Waals surface area contributed by atoms with E-state index in [0.717, 1.165) is 5.56 Å². The molecule has 2 aromatic rings. The minimum Gasteiger partial charge on any atom is -0.489 e. The highest BCUT2D eigenvalue weighted by Gasteiger charge is 2.27. The Hall–Kier alpha value is -2.82. The number of carbonyl (C=O) groups excluding carboxylic acids is 2. The number of nitrogens with zero attached hydrogens (tertiary/aromatic N) is 1. The summed E-state index contributed by atoms with van der Waals surface area (Å²) in [6, 6.07) is 17.3. The van der Waals surface area contributed by atoms with Crippen molar-refractivity contribution < 1.29 is 14.3 Å². The predicted octanol–water partition coefficient (Wildman–Crippen LogP) is 3.89. The lowest BCUT2D eigenvalue weighted by Crippen LogP contribution is -2.42. The fourth-order valence-electron chi connectivity index (χ4n) is 3.43. The Bertz CT molecular complexity index is 797. The summed E-state index contributed by atoms with van der Waals surface area (Å²) in [5.74, 6) is 0.713. The normalized spacial score (nSPS) is 14.8. The standard InChI is InChI=1S/C23H28N2O3/c1-17(2)28-21-11-7-6-10-20(21)24-23(27)19-12-14-25(15-13-19)22(26)16-18-8-4-3-5-9-18/h3-11,17,19H,12-16H2,1-2H3,(H,24,27). The number of amides is 2. The lowest BCUT2D eigenvalue weighted by Gasteiger charge is -2.31. The van der Waals surface area contributed by atoms with Gasteiger partial charge in [-0.15, -0.1) is 0 Å². The second-order valence-electron chi connectivity index (χ2n) is 7.47. The molecule has 1 heterocycles. The molecule has 0 radical (unpaired) electrons. The van der Waals surface area contributed by atoms with Crippen molar-refractivity contribution in [2.75, 3.05) is 18.4 Å². The van der Waals surface area contributed by atoms with Crippen LogP contribution in [0.2, 0.25) is 0 Å². The van der Waals surface area contributed by atoms with Crippen LogP contribution in [-0.4, -0.2) is 35.9 Å². The molecule has 5 heteroatoms. The molecule has 0 aliphatic carbocycles. The van der Waals surface area contributed by atoms with E-state index in [1.807, 2.05) is 73.3 Å². The van der Waals surface area contributed by atoms with Crippen LogP contribution in [0.15, 0.2) is 54.6 Å². The summed E-state index contributed by atoms with van der Waals surface area (Å²) in [5.41, 5.74) is 1.72. The molecule has 1 fully saturated rings. The molecule has 3 rings (SSSR count). The quantitative estimate of drug-likeness (QED) is 0.827. The van der Waals surface area contributed by atoms with Crippen molar-refractivity contribution in [2.45, 2.75) is 39.2 Å². The number of likely N-dealkylation sites (tertiary alicyclic amines) is 1. The molecule has 2 aromatic carbocycles. The third-order valence-electron chi connectivity index (χ3n) is 4.92. The number of nitrogens with one attached hydrogen (secondary N) is 1. The summed E-state index contributed by atoms with van der Waals surface area (Å²) < 4.78 is 5.77. The number of hydrogen-bond acceptors (Lipinski definition) is 3. The first-order chi connectivity index (χ1) is 13.5. The van der Waals surface area contributed by atoms with Gasteiger partial charge in [-0.3, -0.25) is 9.59 Å². The third kappa shape index (κ3) is 5.35. The maximum absolute atomic E-state index is 12.7. The van der Waals surface area contributed by atoms with Crippen LogP contribution in [0, 0.1) is 5.92 Å². The first-order valence-corrected chi connectivity index (χ1v) is 9.91. The highest BCUT2D eigenvalue weighted by atomic mass is 16.5. The number of ether oxygens (including phenoxy) is 1. The highest BCUT2D eigenvalue weighted by molar-refractivity contribution is 5.94. The summed E-state index contributed by atoms with van der Waals surface area (Å²) in [6.07, 6.45) is 1.81. The van der Waals surface area contributed by atoms with Gasteiger partial charge in [0, 0.05) is 19.0 Å². The van der Waals surface area contributed by atoms with E-state index in [9.17, 15) is 9.59 Å². The molecular formula is C23H28N2O3. The number of benzene rings is 2. The monoisotopic (exact) mass is 380 g/mol. The third-order valence-corrected chi connectivity index (χ3v) is 4.92. The van der Waals surface area contributed by atoms with Gasteiger partial charge in [0.15, 0.2) is 0 Å². The average Bonchev–Trinajstić information content (AvgIpc) is 2.70. The SMILES string of the molecule is CC(C)Oc1ccccc1NC(=O)C1CCN(C(=O)Cc2ccccc2)CC1. The molecule has 1 N–H and O–H groups in total. The lowest BCUT2D eigenvalue weighted by atomic mass is 9.95. The van der Waals surface area contributed by atoms with Crippen LogP contribution in [0.4, 0.5) is 5.69 Å². The highest BCUT2D eigenvalue weighted by Crippen LogP contribution is 2.27. The molecule has 28 heavy (non-hydrogen) atoms. The smallest absolute Gasteiger partial charge is 0.227 e. The number of para-hydroxylation sites is 2. The maximum atomic E-state index is 12.7. The van der Waals surface area contributed by atoms with Gasteiger partial charge in [-0.2, -0.15) is 0 Å². The molecule has 0 saturated carbocycles. The van der Waals surface area contributed by atoms with Crippen LogP contribution in [0.25, 0.3) is 0 Å². The van der Waals surface area contributed by atoms with Crippen LogP contribution in [0.1, 0.15) is 32.3 Å². The number of rotatable bonds is 6. The summed E-state index contributed by atoms with van der Waals surface area (Å²) >= 11 is 0. The topological polar surface area (TPSA) is 58.6 Å². The Labute approximate surface area is 166 Å². The molecular weight excluding hydrogens is 352 g/mol. The minimum atomic E-state index is -0.0899. The van der Waals surface area contributed by atoms with Crippen LogP contribution in [0.3, 0.4) is 0 Å². The van der Waals surface area contributed by atoms with Gasteiger partial charge >= 0.3 is 0 Å². The fraction of sp³-hybridized carbons (Fsp3) is 0.391. The second kappa shape index (κ2) is 9.40. The number of piperidine rings is 1. The van der Waals surface area contributed by atoms with E-state index in [-0.39, 0.29) is 23.8 Å². The predicted molar refractivity (Wildman–Crippen MR) is 110 cm³/mol. The van der Waals surface area contributed by atoms with E-state index in [1.54, 1.807) is 0 Å². The van der Waals surface area contributed by atoms with Crippen molar-refractivity contribution in [2.24, 2.45) is 5.92 Å². The Balaban J connectivity index is 1.52. The zero-order valence-corrected chi connectivity index (χ0v) is 16.6. The Morgan fingerprint density at radius 1 is 1.04 bits per heavy atom. The van der Waals surface area contributed by atoms with E-state index < -0.39 is 0 Å². The second-order valence-corrected chi connectivity index (χ2v) is 7.47. The van der Waals surface area contributed by atoms with Crippen LogP contribution in [0.5, 0.6) is 5.75 Å². The van der Waals surface area contributed by atoms with Crippen LogP contribution < -0.4 is 10.1 Å². The molecule has 5 nitrogen and oxygen atoms in total. The molecule has 0 spiro atoms. The van der Waals surface area contributed by atoms with Crippen LogP contribution in [-0.2, 0) is 16.0 Å². The number of carbonyl (C=O) groups is 2. The molecule has 2 amide bonds. The van der Waals surface area contributed by atoms with Crippen LogP contribution >= 0.6 is 0 Å². The van der Waals surface area contributed by atoms with Crippen molar-refractivity contribution >= 4 is 17.5 Å². The van der Waals surface area contributed by atoms with E-state index in [4.69, 9.17) is 4.74 Å². The largest absolute Gasteiger partial charge is 0.489 e. The van der Waals surface area contributed by atoms with E-state index in [1.165, 1.54) is 0 Å². The number of anilines is 1. The Morgan fingerprint density at radius 2 is 1.68 bits per heavy atom. The van der Waals surface area contributed by atoms with Gasteiger partial charge < -0.3 is 15.0 Å². The first kappa shape index (κ1) is 19.9. The molecule has 1 aliphatic rings. The summed E-state index contributed by atoms with van der Waals surface area (Å²) in [6.45, 7) is 5.16. The van der Waals surface area contributed by atoms with Crippen molar-refractivity contribution in [1.82, 2.24) is 4.90 Å². The molecule has 1 aliphatic heterocycles. The van der Waals surface area contributed by atoms with Gasteiger partial charge in [0.2, 0.25) is 11.8 Å². The van der Waals surface area contributed by atoms with Gasteiger partial charge in [-0.05, 0) is 44.4 Å². The Kier molecular flexibility index (Phi) is 6.69. The molecule has 0 bridgehead atoms. The maximum Gasteiger partial charge on any atom is 0.227 e. The minimum absolute atomic E-state index is 0.00466. The zero-order chi connectivity index (χ0) is 19.9. The van der Waals surface area contributed by atoms with Gasteiger partial charge in [0.1, 0.15) is 5.75 Å². The average molecular weight is 380 g/mol. The van der Waals surface area contributed by atoms with Crippen molar-refractivity contribution in [3.8, 4) is 5.75 Å². The van der Waals surface area contributed by atoms with Crippen molar-refractivity contribution in [3.05, 3.63) is 60.2 Å². The first-order valence-electron chi connectivity index (χ1n) is 9.91. The fourth-order valence-corrected chi connectivity index (χ4v) is 3.43. The summed E-state index contributed by atoms with van der Waals surface area (Å²) in [7, 11) is 0. The van der Waals surface area contributed by atoms with E-state index in [0.29, 0.717) is 43.8 Å². The molecule has 0 aromatic heterocycles. The Morgan fingerprint density at radius 3 is 2.36 bits per heavy atom. The van der Waals surface area contributed by atoms with Crippen molar-refractivity contribution in [3.63, 3.8) is 0 Å². The van der Waals surface area contributed by atoms with E-state index in [2.05, 4.69) is 5.32 Å². The lowest BCUT2D eigenvalue weighted by molar-refractivity contribution is -0.133. The van der Waals surface area contributed by atoms with E-state index >= 15 is 0 Å². The van der Waals surface area contributed by atoms with Gasteiger partial charge in [0.05, 0.1) is 18.2 Å². The van der Waals surface area contributed by atoms with Crippen molar-refractivity contribution in [1.29, 1.82) is 0 Å². The zero-order valence-electron chi connectivity index (χ0n) is 16.6. The van der Waals surface area contributed by atoms with Gasteiger partial charge in [-0.25, -0.2) is 0 Å².